The van der Waals surface area contributed by atoms with E-state index in [1.807, 2.05) is 0 Å². The topological polar surface area (TPSA) is 107 Å². The summed E-state index contributed by atoms with van der Waals surface area (Å²) in [5.74, 6) is -0.336. The van der Waals surface area contributed by atoms with E-state index in [-0.39, 0.29) is 24.4 Å². The molecule has 1 fully saturated rings. The minimum Gasteiger partial charge on any atom is -0.326 e. The second-order valence-electron chi connectivity index (χ2n) is 5.32. The smallest absolute Gasteiger partial charge is 0.262 e. The van der Waals surface area contributed by atoms with Crippen molar-refractivity contribution in [1.29, 1.82) is 0 Å². The molecule has 0 aliphatic carbocycles. The number of imide groups is 1. The van der Waals surface area contributed by atoms with Gasteiger partial charge in [-0.15, -0.1) is 0 Å². The second-order valence-corrected chi connectivity index (χ2v) is 5.32. The molecular weight excluding hydrogens is 284 g/mol. The summed E-state index contributed by atoms with van der Waals surface area (Å²) < 4.78 is 1.36. The molecule has 7 nitrogen and oxygen atoms in total. The summed E-state index contributed by atoms with van der Waals surface area (Å²) >= 11 is 0. The van der Waals surface area contributed by atoms with E-state index in [1.165, 1.54) is 4.57 Å². The van der Waals surface area contributed by atoms with Crippen molar-refractivity contribution in [3.8, 4) is 0 Å². The first-order chi connectivity index (χ1) is 10.5. The molecule has 1 atom stereocenters. The predicted octanol–water partition coefficient (Wildman–Crippen LogP) is 0.141. The molecule has 7 heteroatoms. The third kappa shape index (κ3) is 2.19. The fraction of sp³-hybridized carbons (Fsp3) is 0.333. The SMILES string of the molecule is Cc1nc2cccc(CN)c2c(=O)n1[C@H]1CCC(=O)NC1=O. The Balaban J connectivity index is 2.24. The Bertz CT molecular complexity index is 841. The molecule has 1 saturated heterocycles. The standard InChI is InChI=1S/C15H16N4O3/c1-8-17-10-4-2-3-9(7-16)13(10)15(22)19(8)11-5-6-12(20)18-14(11)21/h2-4,11H,5-7,16H2,1H3,(H,18,20,21)/t11-/m0/s1. The fourth-order valence-electron chi connectivity index (χ4n) is 2.89. The maximum absolute atomic E-state index is 12.9. The van der Waals surface area contributed by atoms with E-state index >= 15 is 0 Å². The number of nitrogens with zero attached hydrogens (tertiary/aromatic N) is 2. The van der Waals surface area contributed by atoms with Crippen LogP contribution in [0.4, 0.5) is 0 Å². The highest BCUT2D eigenvalue weighted by Gasteiger charge is 2.30. The number of aryl methyl sites for hydroxylation is 1. The number of piperidine rings is 1. The predicted molar refractivity (Wildman–Crippen MR) is 80.1 cm³/mol. The second kappa shape index (κ2) is 5.34. The number of hydrogen-bond acceptors (Lipinski definition) is 5. The highest BCUT2D eigenvalue weighted by molar-refractivity contribution is 5.99. The highest BCUT2D eigenvalue weighted by atomic mass is 16.2. The van der Waals surface area contributed by atoms with Gasteiger partial charge in [0, 0.05) is 13.0 Å². The first-order valence-electron chi connectivity index (χ1n) is 7.07. The van der Waals surface area contributed by atoms with Gasteiger partial charge >= 0.3 is 0 Å². The van der Waals surface area contributed by atoms with Crippen LogP contribution < -0.4 is 16.6 Å². The number of carbonyl (C=O) groups is 2. The largest absolute Gasteiger partial charge is 0.326 e. The van der Waals surface area contributed by atoms with Crippen LogP contribution in [0.1, 0.15) is 30.3 Å². The summed E-state index contributed by atoms with van der Waals surface area (Å²) in [5.41, 5.74) is 6.66. The van der Waals surface area contributed by atoms with Crippen LogP contribution >= 0.6 is 0 Å². The molecule has 114 valence electrons. The van der Waals surface area contributed by atoms with E-state index in [4.69, 9.17) is 5.73 Å². The van der Waals surface area contributed by atoms with Gasteiger partial charge in [-0.25, -0.2) is 4.98 Å². The zero-order chi connectivity index (χ0) is 15.9. The number of benzene rings is 1. The zero-order valence-electron chi connectivity index (χ0n) is 12.1. The van der Waals surface area contributed by atoms with Crippen molar-refractivity contribution in [2.75, 3.05) is 0 Å². The van der Waals surface area contributed by atoms with Gasteiger partial charge in [-0.1, -0.05) is 12.1 Å². The average Bonchev–Trinajstić information content (AvgIpc) is 2.48. The van der Waals surface area contributed by atoms with Gasteiger partial charge in [-0.2, -0.15) is 0 Å². The molecule has 1 aromatic carbocycles. The lowest BCUT2D eigenvalue weighted by molar-refractivity contribution is -0.135. The molecule has 0 bridgehead atoms. The molecule has 2 aromatic rings. The number of carbonyl (C=O) groups excluding carboxylic acids is 2. The van der Waals surface area contributed by atoms with E-state index in [1.54, 1.807) is 25.1 Å². The Morgan fingerprint density at radius 1 is 1.36 bits per heavy atom. The summed E-state index contributed by atoms with van der Waals surface area (Å²) in [6.45, 7) is 1.90. The van der Waals surface area contributed by atoms with Crippen LogP contribution in [0.15, 0.2) is 23.0 Å². The van der Waals surface area contributed by atoms with E-state index in [9.17, 15) is 14.4 Å². The van der Waals surface area contributed by atoms with Crippen molar-refractivity contribution < 1.29 is 9.59 Å². The molecule has 3 rings (SSSR count). The van der Waals surface area contributed by atoms with Crippen molar-refractivity contribution in [2.45, 2.75) is 32.4 Å². The molecule has 22 heavy (non-hydrogen) atoms. The van der Waals surface area contributed by atoms with Gasteiger partial charge in [0.2, 0.25) is 11.8 Å². The van der Waals surface area contributed by atoms with Crippen molar-refractivity contribution >= 4 is 22.7 Å². The molecule has 0 saturated carbocycles. The molecule has 2 amide bonds. The Hall–Kier alpha value is -2.54. The van der Waals surface area contributed by atoms with E-state index in [2.05, 4.69) is 10.3 Å². The van der Waals surface area contributed by atoms with Crippen LogP contribution in [-0.2, 0) is 16.1 Å². The number of nitrogens with two attached hydrogens (primary N) is 1. The normalized spacial score (nSPS) is 18.5. The number of aromatic nitrogens is 2. The molecule has 1 aliphatic rings. The van der Waals surface area contributed by atoms with E-state index in [0.29, 0.717) is 28.7 Å². The lowest BCUT2D eigenvalue weighted by atomic mass is 10.0. The molecule has 1 aromatic heterocycles. The van der Waals surface area contributed by atoms with Gasteiger partial charge < -0.3 is 5.73 Å². The average molecular weight is 300 g/mol. The maximum atomic E-state index is 12.9. The van der Waals surface area contributed by atoms with Crippen LogP contribution in [0.2, 0.25) is 0 Å². The fourth-order valence-corrected chi connectivity index (χ4v) is 2.89. The van der Waals surface area contributed by atoms with Crippen LogP contribution in [0.5, 0.6) is 0 Å². The number of hydrogen-bond donors (Lipinski definition) is 2. The van der Waals surface area contributed by atoms with Crippen molar-refractivity contribution in [3.63, 3.8) is 0 Å². The summed E-state index contributed by atoms with van der Waals surface area (Å²) in [4.78, 5) is 40.6. The van der Waals surface area contributed by atoms with Crippen molar-refractivity contribution in [2.24, 2.45) is 5.73 Å². The molecule has 0 radical (unpaired) electrons. The van der Waals surface area contributed by atoms with Gasteiger partial charge in [0.15, 0.2) is 0 Å². The molecule has 3 N–H and O–H groups in total. The van der Waals surface area contributed by atoms with E-state index < -0.39 is 11.9 Å². The first-order valence-corrected chi connectivity index (χ1v) is 7.07. The van der Waals surface area contributed by atoms with Crippen LogP contribution in [0, 0.1) is 6.92 Å². The van der Waals surface area contributed by atoms with Gasteiger partial charge in [0.25, 0.3) is 5.56 Å². The van der Waals surface area contributed by atoms with E-state index in [0.717, 1.165) is 0 Å². The lowest BCUT2D eigenvalue weighted by Crippen LogP contribution is -2.45. The minimum atomic E-state index is -0.715. The molecule has 2 heterocycles. The number of amides is 2. The number of fused-ring (bicyclic) bond motifs is 1. The first kappa shape index (κ1) is 14.4. The Kier molecular flexibility index (Phi) is 3.50. The van der Waals surface area contributed by atoms with Gasteiger partial charge in [-0.3, -0.25) is 24.3 Å². The van der Waals surface area contributed by atoms with Crippen LogP contribution in [0.25, 0.3) is 10.9 Å². The minimum absolute atomic E-state index is 0.207. The third-order valence-corrected chi connectivity index (χ3v) is 3.93. The molecule has 0 unspecified atom stereocenters. The van der Waals surface area contributed by atoms with Crippen molar-refractivity contribution in [1.82, 2.24) is 14.9 Å². The number of rotatable bonds is 2. The molecule has 0 spiro atoms. The van der Waals surface area contributed by atoms with Crippen LogP contribution in [0.3, 0.4) is 0 Å². The molecular formula is C15H16N4O3. The highest BCUT2D eigenvalue weighted by Crippen LogP contribution is 2.20. The summed E-state index contributed by atoms with van der Waals surface area (Å²) in [6.07, 6.45) is 0.502. The third-order valence-electron chi connectivity index (χ3n) is 3.93. The Morgan fingerprint density at radius 3 is 2.82 bits per heavy atom. The van der Waals surface area contributed by atoms with Gasteiger partial charge in [0.1, 0.15) is 11.9 Å². The number of nitrogens with one attached hydrogen (secondary N) is 1. The van der Waals surface area contributed by atoms with Crippen molar-refractivity contribution in [3.05, 3.63) is 39.9 Å². The monoisotopic (exact) mass is 300 g/mol. The molecule has 1 aliphatic heterocycles. The summed E-state index contributed by atoms with van der Waals surface area (Å²) in [6, 6.07) is 4.60. The van der Waals surface area contributed by atoms with Gasteiger partial charge in [0.05, 0.1) is 10.9 Å². The maximum Gasteiger partial charge on any atom is 0.262 e. The summed E-state index contributed by atoms with van der Waals surface area (Å²) in [7, 11) is 0. The Morgan fingerprint density at radius 2 is 2.14 bits per heavy atom. The Labute approximate surface area is 126 Å². The quantitative estimate of drug-likeness (QED) is 0.767. The lowest BCUT2D eigenvalue weighted by Gasteiger charge is -2.24. The van der Waals surface area contributed by atoms with Gasteiger partial charge in [-0.05, 0) is 25.0 Å². The van der Waals surface area contributed by atoms with Crippen LogP contribution in [-0.4, -0.2) is 21.4 Å². The zero-order valence-corrected chi connectivity index (χ0v) is 12.1. The summed E-state index contributed by atoms with van der Waals surface area (Å²) in [5, 5.41) is 2.70.